The molecule has 7 heteroatoms. The van der Waals surface area contributed by atoms with Crippen molar-refractivity contribution in [3.8, 4) is 0 Å². The van der Waals surface area contributed by atoms with Gasteiger partial charge in [0.1, 0.15) is 16.4 Å². The lowest BCUT2D eigenvalue weighted by Crippen LogP contribution is -2.26. The van der Waals surface area contributed by atoms with Crippen LogP contribution in [0.15, 0.2) is 28.7 Å². The number of rotatable bonds is 5. The van der Waals surface area contributed by atoms with Crippen LogP contribution in [0.5, 0.6) is 0 Å². The quantitative estimate of drug-likeness (QED) is 0.647. The van der Waals surface area contributed by atoms with Gasteiger partial charge in [-0.15, -0.1) is 0 Å². The summed E-state index contributed by atoms with van der Waals surface area (Å²) in [5.41, 5.74) is 5.57. The number of nitrogens with two attached hydrogens (primary N) is 1. The summed E-state index contributed by atoms with van der Waals surface area (Å²) >= 11 is 0. The number of hydrogen-bond donors (Lipinski definition) is 2. The number of hydrogen-bond acceptors (Lipinski definition) is 3. The molecule has 0 unspecified atom stereocenters. The normalized spacial score (nSPS) is 15.4. The maximum Gasteiger partial charge on any atom is 0.243 e. The number of allylic oxidation sites excluding steroid dienone is 1. The number of halogens is 2. The van der Waals surface area contributed by atoms with Crippen LogP contribution >= 0.6 is 0 Å². The molecule has 0 atom stereocenters. The molecule has 1 aromatic carbocycles. The van der Waals surface area contributed by atoms with Crippen molar-refractivity contribution in [3.05, 3.63) is 35.4 Å². The van der Waals surface area contributed by atoms with E-state index in [2.05, 4.69) is 10.8 Å². The Bertz CT molecular complexity index is 642. The first-order chi connectivity index (χ1) is 9.42. The standard InChI is InChI=1S/C13H16F2N2O2S/c14-10-5-6-11(12(15)13(10)16)20(18,19)17-8-7-9-3-1-2-4-9/h3,5-6,17H,1-2,4,7-8,16H2. The molecule has 1 aliphatic carbocycles. The van der Waals surface area contributed by atoms with Gasteiger partial charge in [0.2, 0.25) is 10.0 Å². The Hall–Kier alpha value is -1.47. The summed E-state index contributed by atoms with van der Waals surface area (Å²) < 4.78 is 52.9. The highest BCUT2D eigenvalue weighted by atomic mass is 32.2. The average Bonchev–Trinajstić information content (AvgIpc) is 2.88. The molecular formula is C13H16F2N2O2S. The molecule has 0 aliphatic heterocycles. The lowest BCUT2D eigenvalue weighted by molar-refractivity contribution is 0.548. The molecule has 0 spiro atoms. The Morgan fingerprint density at radius 3 is 2.70 bits per heavy atom. The Balaban J connectivity index is 2.08. The molecule has 20 heavy (non-hydrogen) atoms. The molecule has 0 heterocycles. The van der Waals surface area contributed by atoms with Gasteiger partial charge in [-0.25, -0.2) is 21.9 Å². The number of sulfonamides is 1. The molecule has 0 radical (unpaired) electrons. The Morgan fingerprint density at radius 1 is 1.30 bits per heavy atom. The molecule has 1 aromatic rings. The summed E-state index contributed by atoms with van der Waals surface area (Å²) in [4.78, 5) is -0.628. The Kier molecular flexibility index (Phi) is 4.39. The van der Waals surface area contributed by atoms with Gasteiger partial charge in [0.05, 0.1) is 0 Å². The molecule has 4 nitrogen and oxygen atoms in total. The van der Waals surface area contributed by atoms with Crippen LogP contribution in [0.3, 0.4) is 0 Å². The van der Waals surface area contributed by atoms with Crippen molar-refractivity contribution in [1.29, 1.82) is 0 Å². The van der Waals surface area contributed by atoms with E-state index < -0.39 is 32.2 Å². The van der Waals surface area contributed by atoms with E-state index in [0.717, 1.165) is 31.4 Å². The minimum Gasteiger partial charge on any atom is -0.394 e. The van der Waals surface area contributed by atoms with Crippen molar-refractivity contribution in [2.24, 2.45) is 0 Å². The van der Waals surface area contributed by atoms with E-state index in [1.54, 1.807) is 0 Å². The van der Waals surface area contributed by atoms with E-state index >= 15 is 0 Å². The van der Waals surface area contributed by atoms with Gasteiger partial charge in [-0.3, -0.25) is 0 Å². The van der Waals surface area contributed by atoms with Crippen molar-refractivity contribution < 1.29 is 17.2 Å². The summed E-state index contributed by atoms with van der Waals surface area (Å²) in [6.45, 7) is 0.185. The third-order valence-corrected chi connectivity index (χ3v) is 4.73. The molecule has 0 fully saturated rings. The minimum absolute atomic E-state index is 0.185. The molecule has 0 saturated carbocycles. The number of nitrogen functional groups attached to an aromatic ring is 1. The topological polar surface area (TPSA) is 72.2 Å². The molecule has 110 valence electrons. The van der Waals surface area contributed by atoms with Crippen molar-refractivity contribution >= 4 is 15.7 Å². The first-order valence-corrected chi connectivity index (χ1v) is 7.81. The second-order valence-electron chi connectivity index (χ2n) is 4.68. The van der Waals surface area contributed by atoms with Gasteiger partial charge >= 0.3 is 0 Å². The number of benzene rings is 1. The van der Waals surface area contributed by atoms with E-state index in [1.807, 2.05) is 0 Å². The van der Waals surface area contributed by atoms with Gasteiger partial charge in [0.25, 0.3) is 0 Å². The predicted molar refractivity (Wildman–Crippen MR) is 72.5 cm³/mol. The van der Waals surface area contributed by atoms with E-state index in [1.165, 1.54) is 5.57 Å². The van der Waals surface area contributed by atoms with Crippen molar-refractivity contribution in [2.45, 2.75) is 30.6 Å². The second kappa shape index (κ2) is 5.88. The summed E-state index contributed by atoms with van der Waals surface area (Å²) in [5, 5.41) is 0. The van der Waals surface area contributed by atoms with Crippen molar-refractivity contribution in [3.63, 3.8) is 0 Å². The third-order valence-electron chi connectivity index (χ3n) is 3.25. The van der Waals surface area contributed by atoms with Crippen LogP contribution in [-0.4, -0.2) is 15.0 Å². The first kappa shape index (κ1) is 14.9. The van der Waals surface area contributed by atoms with Gasteiger partial charge in [-0.2, -0.15) is 0 Å². The Morgan fingerprint density at radius 2 is 2.05 bits per heavy atom. The fourth-order valence-corrected chi connectivity index (χ4v) is 3.26. The van der Waals surface area contributed by atoms with E-state index in [4.69, 9.17) is 5.73 Å². The fourth-order valence-electron chi connectivity index (χ4n) is 2.15. The van der Waals surface area contributed by atoms with Crippen LogP contribution in [0.1, 0.15) is 25.7 Å². The maximum atomic E-state index is 13.7. The van der Waals surface area contributed by atoms with Crippen LogP contribution in [-0.2, 0) is 10.0 Å². The van der Waals surface area contributed by atoms with Crippen LogP contribution in [0.2, 0.25) is 0 Å². The largest absolute Gasteiger partial charge is 0.394 e. The Labute approximate surface area is 116 Å². The lowest BCUT2D eigenvalue weighted by Gasteiger charge is -2.09. The van der Waals surface area contributed by atoms with Crippen LogP contribution in [0.25, 0.3) is 0 Å². The van der Waals surface area contributed by atoms with Gasteiger partial charge < -0.3 is 5.73 Å². The molecule has 3 N–H and O–H groups in total. The molecular weight excluding hydrogens is 286 g/mol. The number of nitrogens with one attached hydrogen (secondary N) is 1. The number of anilines is 1. The second-order valence-corrected chi connectivity index (χ2v) is 6.41. The average molecular weight is 302 g/mol. The first-order valence-electron chi connectivity index (χ1n) is 6.33. The van der Waals surface area contributed by atoms with Crippen molar-refractivity contribution in [2.75, 3.05) is 12.3 Å². The zero-order valence-corrected chi connectivity index (χ0v) is 11.6. The van der Waals surface area contributed by atoms with Gasteiger partial charge in [0, 0.05) is 6.54 Å². The molecule has 0 bridgehead atoms. The zero-order valence-electron chi connectivity index (χ0n) is 10.8. The van der Waals surface area contributed by atoms with Gasteiger partial charge in [0.15, 0.2) is 5.82 Å². The van der Waals surface area contributed by atoms with Crippen LogP contribution in [0.4, 0.5) is 14.5 Å². The molecule has 2 rings (SSSR count). The van der Waals surface area contributed by atoms with E-state index in [-0.39, 0.29) is 6.54 Å². The molecule has 1 aliphatic rings. The predicted octanol–water partition coefficient (Wildman–Crippen LogP) is 2.33. The highest BCUT2D eigenvalue weighted by Gasteiger charge is 2.22. The summed E-state index contributed by atoms with van der Waals surface area (Å²) in [6, 6.07) is 1.71. The molecule has 0 amide bonds. The molecule has 0 saturated heterocycles. The minimum atomic E-state index is -4.02. The zero-order chi connectivity index (χ0) is 14.8. The molecule has 0 aromatic heterocycles. The van der Waals surface area contributed by atoms with Gasteiger partial charge in [-0.1, -0.05) is 11.6 Å². The highest BCUT2D eigenvalue weighted by Crippen LogP contribution is 2.23. The summed E-state index contributed by atoms with van der Waals surface area (Å²) in [7, 11) is -4.02. The maximum absolute atomic E-state index is 13.7. The van der Waals surface area contributed by atoms with Crippen LogP contribution in [0, 0.1) is 11.6 Å². The smallest absolute Gasteiger partial charge is 0.243 e. The fraction of sp³-hybridized carbons (Fsp3) is 0.385. The summed E-state index contributed by atoms with van der Waals surface area (Å²) in [6.07, 6.45) is 5.76. The van der Waals surface area contributed by atoms with E-state index in [9.17, 15) is 17.2 Å². The van der Waals surface area contributed by atoms with Gasteiger partial charge in [-0.05, 0) is 37.8 Å². The highest BCUT2D eigenvalue weighted by molar-refractivity contribution is 7.89. The summed E-state index contributed by atoms with van der Waals surface area (Å²) in [5.74, 6) is -2.23. The van der Waals surface area contributed by atoms with Crippen molar-refractivity contribution in [1.82, 2.24) is 4.72 Å². The monoisotopic (exact) mass is 302 g/mol. The van der Waals surface area contributed by atoms with E-state index in [0.29, 0.717) is 6.42 Å². The third kappa shape index (κ3) is 3.16. The SMILES string of the molecule is Nc1c(F)ccc(S(=O)(=O)NCCC2=CCCC2)c1F. The lowest BCUT2D eigenvalue weighted by atomic mass is 10.2. The van der Waals surface area contributed by atoms with Crippen LogP contribution < -0.4 is 10.5 Å².